The first-order chi connectivity index (χ1) is 6.07. The summed E-state index contributed by atoms with van der Waals surface area (Å²) in [5, 5.41) is 19.5. The predicted octanol–water partition coefficient (Wildman–Crippen LogP) is -1.15. The van der Waals surface area contributed by atoms with Crippen LogP contribution in [-0.2, 0) is 9.59 Å². The quantitative estimate of drug-likeness (QED) is 0.377. The molecule has 0 aromatic rings. The number of carboxylic acids is 2. The van der Waals surface area contributed by atoms with Gasteiger partial charge in [0, 0.05) is 0 Å². The van der Waals surface area contributed by atoms with Crippen molar-refractivity contribution in [2.24, 2.45) is 5.73 Å². The van der Waals surface area contributed by atoms with Gasteiger partial charge in [-0.3, -0.25) is 9.59 Å². The smallest absolute Gasteiger partial charge is 0.321 e. The molecule has 0 aliphatic rings. The minimum absolute atomic E-state index is 0.417. The van der Waals surface area contributed by atoms with Gasteiger partial charge < -0.3 is 21.3 Å². The first-order valence-corrected chi connectivity index (χ1v) is 3.96. The number of hydrogen-bond donors (Lipinski definition) is 4. The van der Waals surface area contributed by atoms with E-state index in [-0.39, 0.29) is 0 Å². The van der Waals surface area contributed by atoms with Gasteiger partial charge in [-0.1, -0.05) is 0 Å². The highest BCUT2D eigenvalue weighted by molar-refractivity contribution is 5.80. The van der Waals surface area contributed by atoms with Crippen molar-refractivity contribution >= 4 is 11.9 Å². The standard InChI is InChI=1S/C7H14N2O4/c8-2-1-3-9-5(7(12)13)4-6(10)11/h5,9H,1-4,8H2,(H,10,11)(H,12,13)/t5-/m1/s1. The van der Waals surface area contributed by atoms with Crippen molar-refractivity contribution in [3.05, 3.63) is 0 Å². The number of nitrogens with one attached hydrogen (secondary N) is 1. The number of rotatable bonds is 7. The molecule has 5 N–H and O–H groups in total. The fraction of sp³-hybridized carbons (Fsp3) is 0.714. The van der Waals surface area contributed by atoms with Crippen LogP contribution >= 0.6 is 0 Å². The zero-order chi connectivity index (χ0) is 10.3. The van der Waals surface area contributed by atoms with E-state index in [0.29, 0.717) is 19.5 Å². The molecule has 0 rings (SSSR count). The molecule has 0 aromatic heterocycles. The molecule has 0 saturated heterocycles. The molecule has 0 amide bonds. The minimum atomic E-state index is -1.15. The van der Waals surface area contributed by atoms with Crippen LogP contribution in [-0.4, -0.2) is 41.3 Å². The summed E-state index contributed by atoms with van der Waals surface area (Å²) >= 11 is 0. The molecule has 0 aromatic carbocycles. The summed E-state index contributed by atoms with van der Waals surface area (Å²) in [6.07, 6.45) is 0.212. The molecule has 0 fully saturated rings. The van der Waals surface area contributed by atoms with Gasteiger partial charge in [0.15, 0.2) is 0 Å². The van der Waals surface area contributed by atoms with Crippen molar-refractivity contribution in [3.63, 3.8) is 0 Å². The van der Waals surface area contributed by atoms with Gasteiger partial charge in [0.05, 0.1) is 6.42 Å². The van der Waals surface area contributed by atoms with E-state index in [0.717, 1.165) is 0 Å². The Morgan fingerprint density at radius 2 is 2.00 bits per heavy atom. The van der Waals surface area contributed by atoms with Crippen LogP contribution in [0.4, 0.5) is 0 Å². The zero-order valence-corrected chi connectivity index (χ0v) is 7.19. The molecular formula is C7H14N2O4. The maximum atomic E-state index is 10.5. The second-order valence-corrected chi connectivity index (χ2v) is 2.59. The third-order valence-corrected chi connectivity index (χ3v) is 1.45. The summed E-state index contributed by atoms with van der Waals surface area (Å²) in [5.41, 5.74) is 5.19. The van der Waals surface area contributed by atoms with Crippen molar-refractivity contribution in [1.82, 2.24) is 5.32 Å². The van der Waals surface area contributed by atoms with E-state index in [2.05, 4.69) is 5.32 Å². The zero-order valence-electron chi connectivity index (χ0n) is 7.19. The number of hydrogen-bond acceptors (Lipinski definition) is 4. The highest BCUT2D eigenvalue weighted by atomic mass is 16.4. The summed E-state index contributed by atoms with van der Waals surface area (Å²) in [7, 11) is 0. The Labute approximate surface area is 75.7 Å². The van der Waals surface area contributed by atoms with E-state index < -0.39 is 24.4 Å². The molecule has 6 nitrogen and oxygen atoms in total. The van der Waals surface area contributed by atoms with Gasteiger partial charge in [-0.15, -0.1) is 0 Å². The Morgan fingerprint density at radius 1 is 1.38 bits per heavy atom. The van der Waals surface area contributed by atoms with E-state index in [4.69, 9.17) is 15.9 Å². The molecule has 0 spiro atoms. The van der Waals surface area contributed by atoms with Gasteiger partial charge in [0.25, 0.3) is 0 Å². The van der Waals surface area contributed by atoms with Gasteiger partial charge in [-0.25, -0.2) is 0 Å². The van der Waals surface area contributed by atoms with Crippen LogP contribution < -0.4 is 11.1 Å². The molecule has 13 heavy (non-hydrogen) atoms. The summed E-state index contributed by atoms with van der Waals surface area (Å²) < 4.78 is 0. The minimum Gasteiger partial charge on any atom is -0.481 e. The lowest BCUT2D eigenvalue weighted by Crippen LogP contribution is -2.39. The first-order valence-electron chi connectivity index (χ1n) is 3.96. The molecule has 0 aliphatic carbocycles. The maximum absolute atomic E-state index is 10.5. The lowest BCUT2D eigenvalue weighted by Gasteiger charge is -2.11. The molecule has 76 valence electrons. The third kappa shape index (κ3) is 6.06. The Morgan fingerprint density at radius 3 is 2.38 bits per heavy atom. The molecule has 0 aliphatic heterocycles. The van der Waals surface area contributed by atoms with Crippen LogP contribution in [0.1, 0.15) is 12.8 Å². The lowest BCUT2D eigenvalue weighted by molar-refractivity contribution is -0.145. The first kappa shape index (κ1) is 11.9. The van der Waals surface area contributed by atoms with Crippen molar-refractivity contribution in [1.29, 1.82) is 0 Å². The molecule has 0 saturated carbocycles. The molecule has 1 atom stereocenters. The number of aliphatic carboxylic acids is 2. The number of carbonyl (C=O) groups is 2. The van der Waals surface area contributed by atoms with E-state index >= 15 is 0 Å². The number of carboxylic acid groups (broad SMARTS) is 2. The summed E-state index contributed by atoms with van der Waals surface area (Å²) in [4.78, 5) is 20.7. The van der Waals surface area contributed by atoms with Crippen molar-refractivity contribution < 1.29 is 19.8 Å². The van der Waals surface area contributed by atoms with Gasteiger partial charge in [-0.2, -0.15) is 0 Å². The van der Waals surface area contributed by atoms with Crippen LogP contribution in [0.15, 0.2) is 0 Å². The number of nitrogens with two attached hydrogens (primary N) is 1. The van der Waals surface area contributed by atoms with Crippen LogP contribution in [0.5, 0.6) is 0 Å². The summed E-state index contributed by atoms with van der Waals surface area (Å²) in [6.45, 7) is 0.868. The Kier molecular flexibility index (Phi) is 5.82. The normalized spacial score (nSPS) is 12.4. The van der Waals surface area contributed by atoms with E-state index in [9.17, 15) is 9.59 Å². The third-order valence-electron chi connectivity index (χ3n) is 1.45. The van der Waals surface area contributed by atoms with E-state index in [1.807, 2.05) is 0 Å². The van der Waals surface area contributed by atoms with Gasteiger partial charge in [-0.05, 0) is 19.5 Å². The summed E-state index contributed by atoms with van der Waals surface area (Å²) in [5.74, 6) is -2.29. The van der Waals surface area contributed by atoms with Crippen LogP contribution in [0.3, 0.4) is 0 Å². The Bertz CT molecular complexity index is 183. The monoisotopic (exact) mass is 190 g/mol. The molecule has 0 unspecified atom stereocenters. The Balaban J connectivity index is 3.81. The second kappa shape index (κ2) is 6.38. The van der Waals surface area contributed by atoms with Crippen LogP contribution in [0.25, 0.3) is 0 Å². The highest BCUT2D eigenvalue weighted by Gasteiger charge is 2.19. The topological polar surface area (TPSA) is 113 Å². The van der Waals surface area contributed by atoms with Gasteiger partial charge in [0.2, 0.25) is 0 Å². The molecular weight excluding hydrogens is 176 g/mol. The molecule has 0 radical (unpaired) electrons. The summed E-state index contributed by atoms with van der Waals surface area (Å²) in [6, 6.07) is -1.02. The predicted molar refractivity (Wildman–Crippen MR) is 45.4 cm³/mol. The van der Waals surface area contributed by atoms with Crippen LogP contribution in [0, 0.1) is 0 Å². The average Bonchev–Trinajstić information content (AvgIpc) is 2.02. The van der Waals surface area contributed by atoms with Crippen molar-refractivity contribution in [3.8, 4) is 0 Å². The molecule has 0 bridgehead atoms. The van der Waals surface area contributed by atoms with E-state index in [1.165, 1.54) is 0 Å². The molecule has 6 heteroatoms. The van der Waals surface area contributed by atoms with Crippen molar-refractivity contribution in [2.45, 2.75) is 18.9 Å². The highest BCUT2D eigenvalue weighted by Crippen LogP contribution is 1.92. The van der Waals surface area contributed by atoms with E-state index in [1.54, 1.807) is 0 Å². The maximum Gasteiger partial charge on any atom is 0.321 e. The molecule has 0 heterocycles. The van der Waals surface area contributed by atoms with Crippen LogP contribution in [0.2, 0.25) is 0 Å². The van der Waals surface area contributed by atoms with Crippen molar-refractivity contribution in [2.75, 3.05) is 13.1 Å². The lowest BCUT2D eigenvalue weighted by atomic mass is 10.2. The largest absolute Gasteiger partial charge is 0.481 e. The SMILES string of the molecule is NCCCN[C@H](CC(=O)O)C(=O)O. The fourth-order valence-electron chi connectivity index (χ4n) is 0.800. The Hall–Kier alpha value is -1.14. The van der Waals surface area contributed by atoms with Gasteiger partial charge >= 0.3 is 11.9 Å². The van der Waals surface area contributed by atoms with Gasteiger partial charge in [0.1, 0.15) is 6.04 Å². The average molecular weight is 190 g/mol. The second-order valence-electron chi connectivity index (χ2n) is 2.59. The fourth-order valence-corrected chi connectivity index (χ4v) is 0.800.